The molecule has 10 heteroatoms. The molecule has 0 bridgehead atoms. The Balaban J connectivity index is 1.02. The number of carbonyl (C=O) groups is 3. The number of benzene rings is 3. The number of carbonyl (C=O) groups excluding carboxylic acids is 3. The van der Waals surface area contributed by atoms with Gasteiger partial charge in [0.05, 0.1) is 24.1 Å². The maximum Gasteiger partial charge on any atom is 0.323 e. The van der Waals surface area contributed by atoms with Gasteiger partial charge in [-0.2, -0.15) is 0 Å². The standard InChI is InChI=1S/C34H39N5O5/c1-38-29-14-13-27(19-32(40)35-26-16-17-39(21-26)20-23-8-4-2-5-9-23)44-31(29)22-43-30-15-12-25(18-28(30)33(38)41)37-34(42)36-24-10-6-3-7-11-24/h2-12,15,18,26-27,29,31H,13-14,16-17,19-22H2,1H3,(H,35,40)(H2,36,37,42)/t26-,27+,29-,31+/m0/s1. The predicted molar refractivity (Wildman–Crippen MR) is 168 cm³/mol. The molecule has 0 radical (unpaired) electrons. The first-order valence-electron chi connectivity index (χ1n) is 15.3. The van der Waals surface area contributed by atoms with Gasteiger partial charge in [0, 0.05) is 44.1 Å². The quantitative estimate of drug-likeness (QED) is 0.370. The second-order valence-corrected chi connectivity index (χ2v) is 11.8. The van der Waals surface area contributed by atoms with E-state index < -0.39 is 6.03 Å². The Labute approximate surface area is 257 Å². The van der Waals surface area contributed by atoms with Crippen LogP contribution >= 0.6 is 0 Å². The number of amides is 4. The van der Waals surface area contributed by atoms with Gasteiger partial charge in [-0.3, -0.25) is 14.5 Å². The molecule has 3 N–H and O–H groups in total. The number of hydrogen-bond acceptors (Lipinski definition) is 6. The van der Waals surface area contributed by atoms with Gasteiger partial charge in [-0.25, -0.2) is 4.79 Å². The van der Waals surface area contributed by atoms with Crippen LogP contribution in [0.4, 0.5) is 16.2 Å². The second-order valence-electron chi connectivity index (χ2n) is 11.8. The van der Waals surface area contributed by atoms with Crippen molar-refractivity contribution in [1.29, 1.82) is 0 Å². The van der Waals surface area contributed by atoms with Crippen LogP contribution in [0.2, 0.25) is 0 Å². The van der Waals surface area contributed by atoms with Gasteiger partial charge in [0.1, 0.15) is 18.5 Å². The first-order chi connectivity index (χ1) is 21.4. The van der Waals surface area contributed by atoms with E-state index in [2.05, 4.69) is 45.1 Å². The van der Waals surface area contributed by atoms with Crippen LogP contribution in [0, 0.1) is 0 Å². The SMILES string of the molecule is CN1C(=O)c2cc(NC(=O)Nc3ccccc3)ccc2OC[C@H]2O[C@@H](CC(=O)N[C@H]3CCN(Cc4ccccc4)C3)CC[C@@H]21. The van der Waals surface area contributed by atoms with E-state index in [9.17, 15) is 14.4 Å². The molecule has 0 saturated carbocycles. The molecule has 3 heterocycles. The number of nitrogens with zero attached hydrogens (tertiary/aromatic N) is 2. The van der Waals surface area contributed by atoms with Crippen molar-refractivity contribution in [2.24, 2.45) is 0 Å². The monoisotopic (exact) mass is 597 g/mol. The summed E-state index contributed by atoms with van der Waals surface area (Å²) in [5, 5.41) is 8.77. The first-order valence-corrected chi connectivity index (χ1v) is 15.3. The molecule has 0 spiro atoms. The number of anilines is 2. The maximum absolute atomic E-state index is 13.6. The van der Waals surface area contributed by atoms with Gasteiger partial charge >= 0.3 is 6.03 Å². The lowest BCUT2D eigenvalue weighted by molar-refractivity contribution is -0.134. The molecule has 3 aromatic carbocycles. The number of hydrogen-bond donors (Lipinski definition) is 3. The number of urea groups is 1. The van der Waals surface area contributed by atoms with Crippen LogP contribution in [-0.2, 0) is 16.1 Å². The van der Waals surface area contributed by atoms with E-state index in [0.29, 0.717) is 35.5 Å². The van der Waals surface area contributed by atoms with Crippen LogP contribution in [0.5, 0.6) is 5.75 Å². The number of fused-ring (bicyclic) bond motifs is 2. The van der Waals surface area contributed by atoms with Gasteiger partial charge in [-0.15, -0.1) is 0 Å². The largest absolute Gasteiger partial charge is 0.490 e. The molecule has 3 aromatic rings. The Morgan fingerprint density at radius 1 is 0.909 bits per heavy atom. The highest BCUT2D eigenvalue weighted by Crippen LogP contribution is 2.32. The van der Waals surface area contributed by atoms with Crippen LogP contribution in [-0.4, -0.2) is 78.7 Å². The molecule has 0 aliphatic carbocycles. The van der Waals surface area contributed by atoms with Gasteiger partial charge in [0.2, 0.25) is 5.91 Å². The molecule has 44 heavy (non-hydrogen) atoms. The lowest BCUT2D eigenvalue weighted by Crippen LogP contribution is -2.54. The van der Waals surface area contributed by atoms with Crippen molar-refractivity contribution in [2.75, 3.05) is 37.4 Å². The number of likely N-dealkylation sites (N-methyl/N-ethyl adjacent to an activating group) is 1. The zero-order valence-corrected chi connectivity index (χ0v) is 24.9. The third kappa shape index (κ3) is 7.20. The Kier molecular flexibility index (Phi) is 9.09. The van der Waals surface area contributed by atoms with E-state index in [-0.39, 0.29) is 49.1 Å². The number of para-hydroxylation sites is 1. The number of rotatable bonds is 7. The van der Waals surface area contributed by atoms with Crippen molar-refractivity contribution in [2.45, 2.75) is 56.5 Å². The predicted octanol–water partition coefficient (Wildman–Crippen LogP) is 4.49. The van der Waals surface area contributed by atoms with Gasteiger partial charge < -0.3 is 30.3 Å². The smallest absolute Gasteiger partial charge is 0.323 e. The van der Waals surface area contributed by atoms with E-state index in [1.54, 1.807) is 42.3 Å². The molecule has 10 nitrogen and oxygen atoms in total. The second kappa shape index (κ2) is 13.5. The normalized spacial score (nSPS) is 23.4. The number of likely N-dealkylation sites (tertiary alicyclic amines) is 1. The summed E-state index contributed by atoms with van der Waals surface area (Å²) < 4.78 is 12.5. The molecule has 2 saturated heterocycles. The summed E-state index contributed by atoms with van der Waals surface area (Å²) in [6, 6.07) is 24.1. The van der Waals surface area contributed by atoms with Gasteiger partial charge in [-0.05, 0) is 55.2 Å². The molecule has 6 rings (SSSR count). The van der Waals surface area contributed by atoms with E-state index in [4.69, 9.17) is 9.47 Å². The topological polar surface area (TPSA) is 112 Å². The van der Waals surface area contributed by atoms with E-state index >= 15 is 0 Å². The van der Waals surface area contributed by atoms with Crippen molar-refractivity contribution < 1.29 is 23.9 Å². The number of nitrogens with one attached hydrogen (secondary N) is 3. The minimum Gasteiger partial charge on any atom is -0.490 e. The highest BCUT2D eigenvalue weighted by molar-refractivity contribution is 6.02. The van der Waals surface area contributed by atoms with Gasteiger partial charge in [0.25, 0.3) is 5.91 Å². The first kappa shape index (κ1) is 29.7. The lowest BCUT2D eigenvalue weighted by Gasteiger charge is -2.42. The highest BCUT2D eigenvalue weighted by atomic mass is 16.5. The summed E-state index contributed by atoms with van der Waals surface area (Å²) in [6.07, 6.45) is 2.00. The Morgan fingerprint density at radius 3 is 2.45 bits per heavy atom. The highest BCUT2D eigenvalue weighted by Gasteiger charge is 2.39. The van der Waals surface area contributed by atoms with E-state index in [1.165, 1.54) is 5.56 Å². The zero-order valence-electron chi connectivity index (χ0n) is 24.9. The summed E-state index contributed by atoms with van der Waals surface area (Å²) in [6.45, 7) is 2.94. The molecule has 230 valence electrons. The minimum atomic E-state index is -0.406. The van der Waals surface area contributed by atoms with Crippen molar-refractivity contribution in [3.63, 3.8) is 0 Å². The minimum absolute atomic E-state index is 0.00196. The Hall–Kier alpha value is -4.41. The van der Waals surface area contributed by atoms with Crippen LogP contribution in [0.3, 0.4) is 0 Å². The molecule has 0 aromatic heterocycles. The molecule has 3 aliphatic heterocycles. The molecule has 3 aliphatic rings. The summed E-state index contributed by atoms with van der Waals surface area (Å²) in [5.41, 5.74) is 2.80. The zero-order chi connectivity index (χ0) is 30.5. The maximum atomic E-state index is 13.6. The molecule has 4 amide bonds. The van der Waals surface area contributed by atoms with E-state index in [1.807, 2.05) is 24.3 Å². The summed E-state index contributed by atoms with van der Waals surface area (Å²) >= 11 is 0. The Bertz CT molecular complexity index is 1470. The summed E-state index contributed by atoms with van der Waals surface area (Å²) in [5.74, 6) is 0.222. The molecule has 4 atom stereocenters. The summed E-state index contributed by atoms with van der Waals surface area (Å²) in [4.78, 5) is 43.1. The van der Waals surface area contributed by atoms with Crippen molar-refractivity contribution >= 4 is 29.2 Å². The lowest BCUT2D eigenvalue weighted by atomic mass is 9.94. The van der Waals surface area contributed by atoms with Crippen molar-refractivity contribution in [3.8, 4) is 5.75 Å². The van der Waals surface area contributed by atoms with Gasteiger partial charge in [-0.1, -0.05) is 48.5 Å². The molecule has 0 unspecified atom stereocenters. The van der Waals surface area contributed by atoms with E-state index in [0.717, 1.165) is 26.1 Å². The molecular formula is C34H39N5O5. The average molecular weight is 598 g/mol. The molecular weight excluding hydrogens is 558 g/mol. The van der Waals surface area contributed by atoms with Crippen molar-refractivity contribution in [3.05, 3.63) is 90.0 Å². The fourth-order valence-corrected chi connectivity index (χ4v) is 6.35. The van der Waals surface area contributed by atoms with Crippen LogP contribution in [0.25, 0.3) is 0 Å². The molecule has 2 fully saturated rings. The van der Waals surface area contributed by atoms with Crippen LogP contribution < -0.4 is 20.7 Å². The van der Waals surface area contributed by atoms with Crippen LogP contribution in [0.1, 0.15) is 41.6 Å². The van der Waals surface area contributed by atoms with Crippen LogP contribution in [0.15, 0.2) is 78.9 Å². The van der Waals surface area contributed by atoms with Gasteiger partial charge in [0.15, 0.2) is 0 Å². The Morgan fingerprint density at radius 2 is 1.66 bits per heavy atom. The fraction of sp³-hybridized carbons (Fsp3) is 0.382. The third-order valence-corrected chi connectivity index (χ3v) is 8.60. The average Bonchev–Trinajstić information content (AvgIpc) is 3.46. The van der Waals surface area contributed by atoms with Crippen molar-refractivity contribution in [1.82, 2.24) is 15.1 Å². The third-order valence-electron chi connectivity index (χ3n) is 8.60. The fourth-order valence-electron chi connectivity index (χ4n) is 6.35. The number of ether oxygens (including phenoxy) is 2. The summed E-state index contributed by atoms with van der Waals surface area (Å²) in [7, 11) is 1.77.